The first-order valence-corrected chi connectivity index (χ1v) is 6.83. The molecule has 0 heterocycles. The smallest absolute Gasteiger partial charge is 0.404 e. The summed E-state index contributed by atoms with van der Waals surface area (Å²) in [5.74, 6) is -0.925. The monoisotopic (exact) mass is 333 g/mol. The fourth-order valence-electron chi connectivity index (χ4n) is 1.51. The molecule has 0 aromatic heterocycles. The number of rotatable bonds is 6. The van der Waals surface area contributed by atoms with Crippen molar-refractivity contribution in [3.63, 3.8) is 0 Å². The third-order valence-corrected chi connectivity index (χ3v) is 2.48. The van der Waals surface area contributed by atoms with Crippen molar-refractivity contribution in [1.29, 1.82) is 0 Å². The topological polar surface area (TPSA) is 79.5 Å². The zero-order valence-corrected chi connectivity index (χ0v) is 12.7. The Bertz CT molecular complexity index is 548. The molecule has 0 unspecified atom stereocenters. The van der Waals surface area contributed by atoms with Gasteiger partial charge in [-0.2, -0.15) is 0 Å². The second kappa shape index (κ2) is 8.25. The number of carbonyl (C=O) groups excluding carboxylic acids is 2. The number of hydrogen-bond donors (Lipinski definition) is 3. The number of para-hydroxylation sites is 2. The maximum Gasteiger partial charge on any atom is 0.573 e. The van der Waals surface area contributed by atoms with Crippen LogP contribution in [0.5, 0.6) is 5.75 Å². The third kappa shape index (κ3) is 7.93. The largest absolute Gasteiger partial charge is 0.573 e. The van der Waals surface area contributed by atoms with Crippen LogP contribution in [0.15, 0.2) is 24.3 Å². The standard InChI is InChI=1S/C14H18F3N3O3/c1-9(2)7-19-13(22)20-12(21)8-18-10-5-3-4-6-11(10)23-14(15,16)17/h3-6,9,18H,7-8H2,1-2H3,(H2,19,20,21,22). The molecule has 9 heteroatoms. The van der Waals surface area contributed by atoms with Gasteiger partial charge in [0.1, 0.15) is 0 Å². The van der Waals surface area contributed by atoms with Gasteiger partial charge in [0.2, 0.25) is 5.91 Å². The van der Waals surface area contributed by atoms with Crippen molar-refractivity contribution in [2.45, 2.75) is 20.2 Å². The number of nitrogens with one attached hydrogen (secondary N) is 3. The van der Waals surface area contributed by atoms with E-state index in [1.54, 1.807) is 0 Å². The Morgan fingerprint density at radius 1 is 1.22 bits per heavy atom. The molecular formula is C14H18F3N3O3. The maximum absolute atomic E-state index is 12.3. The van der Waals surface area contributed by atoms with Crippen LogP contribution in [0.3, 0.4) is 0 Å². The highest BCUT2D eigenvalue weighted by Crippen LogP contribution is 2.29. The van der Waals surface area contributed by atoms with Crippen molar-refractivity contribution < 1.29 is 27.5 Å². The van der Waals surface area contributed by atoms with Gasteiger partial charge in [-0.05, 0) is 18.1 Å². The number of urea groups is 1. The van der Waals surface area contributed by atoms with Gasteiger partial charge in [0.05, 0.1) is 12.2 Å². The summed E-state index contributed by atoms with van der Waals surface area (Å²) in [5.41, 5.74) is -0.0115. The predicted molar refractivity (Wildman–Crippen MR) is 78.0 cm³/mol. The molecule has 1 aromatic rings. The predicted octanol–water partition coefficient (Wildman–Crippen LogP) is 2.48. The van der Waals surface area contributed by atoms with Gasteiger partial charge in [-0.15, -0.1) is 13.2 Å². The lowest BCUT2D eigenvalue weighted by Crippen LogP contribution is -2.43. The van der Waals surface area contributed by atoms with E-state index in [1.165, 1.54) is 18.2 Å². The highest BCUT2D eigenvalue weighted by molar-refractivity contribution is 5.96. The van der Waals surface area contributed by atoms with Gasteiger partial charge in [0.15, 0.2) is 5.75 Å². The molecular weight excluding hydrogens is 315 g/mol. The SMILES string of the molecule is CC(C)CNC(=O)NC(=O)CNc1ccccc1OC(F)(F)F. The quantitative estimate of drug-likeness (QED) is 0.747. The first-order valence-electron chi connectivity index (χ1n) is 6.83. The molecule has 6 nitrogen and oxygen atoms in total. The second-order valence-electron chi connectivity index (χ2n) is 5.05. The first kappa shape index (κ1) is 18.6. The highest BCUT2D eigenvalue weighted by Gasteiger charge is 2.32. The molecule has 3 amide bonds. The molecule has 23 heavy (non-hydrogen) atoms. The van der Waals surface area contributed by atoms with Crippen molar-refractivity contribution in [3.05, 3.63) is 24.3 Å². The van der Waals surface area contributed by atoms with Crippen LogP contribution in [-0.4, -0.2) is 31.4 Å². The van der Waals surface area contributed by atoms with Gasteiger partial charge in [-0.1, -0.05) is 26.0 Å². The van der Waals surface area contributed by atoms with Gasteiger partial charge in [0, 0.05) is 6.54 Å². The van der Waals surface area contributed by atoms with E-state index in [9.17, 15) is 22.8 Å². The van der Waals surface area contributed by atoms with Gasteiger partial charge < -0.3 is 15.4 Å². The number of halogens is 3. The third-order valence-electron chi connectivity index (χ3n) is 2.48. The fourth-order valence-corrected chi connectivity index (χ4v) is 1.51. The molecule has 0 saturated heterocycles. The summed E-state index contributed by atoms with van der Waals surface area (Å²) in [6.07, 6.45) is -4.84. The van der Waals surface area contributed by atoms with Crippen LogP contribution in [0, 0.1) is 5.92 Å². The Morgan fingerprint density at radius 3 is 2.48 bits per heavy atom. The van der Waals surface area contributed by atoms with Gasteiger partial charge in [-0.25, -0.2) is 4.79 Å². The van der Waals surface area contributed by atoms with E-state index >= 15 is 0 Å². The summed E-state index contributed by atoms with van der Waals surface area (Å²) in [5, 5.41) is 7.03. The number of benzene rings is 1. The summed E-state index contributed by atoms with van der Waals surface area (Å²) in [4.78, 5) is 23.0. The minimum atomic E-state index is -4.84. The van der Waals surface area contributed by atoms with Gasteiger partial charge in [-0.3, -0.25) is 10.1 Å². The van der Waals surface area contributed by atoms with Gasteiger partial charge >= 0.3 is 12.4 Å². The molecule has 128 valence electrons. The Morgan fingerprint density at radius 2 is 1.87 bits per heavy atom. The zero-order valence-electron chi connectivity index (χ0n) is 12.7. The molecule has 3 N–H and O–H groups in total. The molecule has 0 fully saturated rings. The molecule has 0 aliphatic rings. The van der Waals surface area contributed by atoms with Crippen LogP contribution in [-0.2, 0) is 4.79 Å². The second-order valence-corrected chi connectivity index (χ2v) is 5.05. The lowest BCUT2D eigenvalue weighted by Gasteiger charge is -2.14. The van der Waals surface area contributed by atoms with Crippen LogP contribution in [0.25, 0.3) is 0 Å². The number of hydrogen-bond acceptors (Lipinski definition) is 4. The summed E-state index contributed by atoms with van der Waals surface area (Å²) in [6.45, 7) is 3.80. The zero-order chi connectivity index (χ0) is 17.5. The van der Waals surface area contributed by atoms with E-state index in [2.05, 4.69) is 20.7 Å². The fraction of sp³-hybridized carbons (Fsp3) is 0.429. The minimum Gasteiger partial charge on any atom is -0.404 e. The van der Waals surface area contributed by atoms with Crippen LogP contribution in [0.1, 0.15) is 13.8 Å². The lowest BCUT2D eigenvalue weighted by atomic mass is 10.2. The van der Waals surface area contributed by atoms with E-state index in [0.29, 0.717) is 6.54 Å². The highest BCUT2D eigenvalue weighted by atomic mass is 19.4. The first-order chi connectivity index (χ1) is 10.7. The summed E-state index contributed by atoms with van der Waals surface area (Å²) >= 11 is 0. The summed E-state index contributed by atoms with van der Waals surface area (Å²) < 4.78 is 40.6. The average molecular weight is 333 g/mol. The van der Waals surface area contributed by atoms with Crippen molar-refractivity contribution in [3.8, 4) is 5.75 Å². The summed E-state index contributed by atoms with van der Waals surface area (Å²) in [7, 11) is 0. The Hall–Kier alpha value is -2.45. The molecule has 0 saturated carbocycles. The number of anilines is 1. The van der Waals surface area contributed by atoms with E-state index < -0.39 is 24.1 Å². The molecule has 0 radical (unpaired) electrons. The number of carbonyl (C=O) groups is 2. The van der Waals surface area contributed by atoms with Crippen molar-refractivity contribution >= 4 is 17.6 Å². The van der Waals surface area contributed by atoms with Crippen molar-refractivity contribution in [2.24, 2.45) is 5.92 Å². The molecule has 0 aliphatic heterocycles. The summed E-state index contributed by atoms with van der Waals surface area (Å²) in [6, 6.07) is 4.63. The maximum atomic E-state index is 12.3. The van der Waals surface area contributed by atoms with Gasteiger partial charge in [0.25, 0.3) is 0 Å². The number of alkyl halides is 3. The van der Waals surface area contributed by atoms with Crippen LogP contribution in [0.4, 0.5) is 23.7 Å². The normalized spacial score (nSPS) is 11.0. The van der Waals surface area contributed by atoms with E-state index in [-0.39, 0.29) is 18.2 Å². The van der Waals surface area contributed by atoms with E-state index in [0.717, 1.165) is 6.07 Å². The van der Waals surface area contributed by atoms with Crippen LogP contribution < -0.4 is 20.7 Å². The lowest BCUT2D eigenvalue weighted by molar-refractivity contribution is -0.274. The van der Waals surface area contributed by atoms with Crippen LogP contribution in [0.2, 0.25) is 0 Å². The van der Waals surface area contributed by atoms with E-state index in [4.69, 9.17) is 0 Å². The number of imide groups is 1. The van der Waals surface area contributed by atoms with E-state index in [1.807, 2.05) is 13.8 Å². The number of amides is 3. The molecule has 1 rings (SSSR count). The Kier molecular flexibility index (Phi) is 6.67. The molecule has 0 spiro atoms. The number of ether oxygens (including phenoxy) is 1. The van der Waals surface area contributed by atoms with Crippen molar-refractivity contribution in [1.82, 2.24) is 10.6 Å². The average Bonchev–Trinajstić information content (AvgIpc) is 2.42. The van der Waals surface area contributed by atoms with Crippen LogP contribution >= 0.6 is 0 Å². The molecule has 0 atom stereocenters. The molecule has 1 aromatic carbocycles. The Labute approximate surface area is 131 Å². The van der Waals surface area contributed by atoms with Crippen molar-refractivity contribution in [2.75, 3.05) is 18.4 Å². The molecule has 0 aliphatic carbocycles. The Balaban J connectivity index is 2.51. The molecule has 0 bridgehead atoms. The minimum absolute atomic E-state index is 0.0115.